The lowest BCUT2D eigenvalue weighted by molar-refractivity contribution is 0.315. The van der Waals surface area contributed by atoms with Crippen molar-refractivity contribution < 1.29 is 4.74 Å². The van der Waals surface area contributed by atoms with Gasteiger partial charge in [-0.2, -0.15) is 5.10 Å². The molecule has 0 saturated carbocycles. The molecular formula is C17H19BrN2O. The SMILES string of the molecule is CCCOc1ccc(C=NNCc2ccccc2)cc1Br. The highest BCUT2D eigenvalue weighted by Gasteiger charge is 2.01. The van der Waals surface area contributed by atoms with Gasteiger partial charge in [-0.1, -0.05) is 37.3 Å². The largest absolute Gasteiger partial charge is 0.492 e. The third-order valence-corrected chi connectivity index (χ3v) is 3.47. The zero-order valence-corrected chi connectivity index (χ0v) is 13.6. The molecule has 4 heteroatoms. The van der Waals surface area contributed by atoms with E-state index in [2.05, 4.69) is 45.5 Å². The van der Waals surface area contributed by atoms with Crippen molar-refractivity contribution in [3.05, 3.63) is 64.1 Å². The van der Waals surface area contributed by atoms with Gasteiger partial charge in [-0.25, -0.2) is 0 Å². The Bertz CT molecular complexity index is 585. The molecule has 0 amide bonds. The minimum absolute atomic E-state index is 0.718. The summed E-state index contributed by atoms with van der Waals surface area (Å²) in [7, 11) is 0. The predicted molar refractivity (Wildman–Crippen MR) is 90.8 cm³/mol. The van der Waals surface area contributed by atoms with Gasteiger partial charge in [-0.05, 0) is 51.7 Å². The second kappa shape index (κ2) is 8.47. The second-order valence-electron chi connectivity index (χ2n) is 4.62. The van der Waals surface area contributed by atoms with Gasteiger partial charge in [-0.3, -0.25) is 0 Å². The van der Waals surface area contributed by atoms with Crippen LogP contribution in [0.2, 0.25) is 0 Å². The normalized spacial score (nSPS) is 10.8. The first kappa shape index (κ1) is 15.6. The number of hydrazone groups is 1. The van der Waals surface area contributed by atoms with Gasteiger partial charge < -0.3 is 10.2 Å². The van der Waals surface area contributed by atoms with E-state index in [4.69, 9.17) is 4.74 Å². The van der Waals surface area contributed by atoms with E-state index in [0.29, 0.717) is 0 Å². The van der Waals surface area contributed by atoms with E-state index in [9.17, 15) is 0 Å². The highest BCUT2D eigenvalue weighted by Crippen LogP contribution is 2.25. The van der Waals surface area contributed by atoms with Crippen molar-refractivity contribution in [2.75, 3.05) is 6.61 Å². The smallest absolute Gasteiger partial charge is 0.133 e. The van der Waals surface area contributed by atoms with Crippen LogP contribution in [0.25, 0.3) is 0 Å². The standard InChI is InChI=1S/C17H19BrN2O/c1-2-10-21-17-9-8-15(11-16(17)18)13-20-19-12-14-6-4-3-5-7-14/h3-9,11,13,19H,2,10,12H2,1H3. The molecule has 0 atom stereocenters. The van der Waals surface area contributed by atoms with Gasteiger partial charge in [-0.15, -0.1) is 0 Å². The van der Waals surface area contributed by atoms with Crippen LogP contribution in [0.3, 0.4) is 0 Å². The zero-order valence-electron chi connectivity index (χ0n) is 12.1. The van der Waals surface area contributed by atoms with Crippen molar-refractivity contribution >= 4 is 22.1 Å². The molecule has 0 bridgehead atoms. The lowest BCUT2D eigenvalue weighted by Gasteiger charge is -2.07. The topological polar surface area (TPSA) is 33.6 Å². The molecule has 0 unspecified atom stereocenters. The molecule has 21 heavy (non-hydrogen) atoms. The molecular weight excluding hydrogens is 328 g/mol. The van der Waals surface area contributed by atoms with Crippen molar-refractivity contribution in [2.24, 2.45) is 5.10 Å². The highest BCUT2D eigenvalue weighted by atomic mass is 79.9. The van der Waals surface area contributed by atoms with Crippen LogP contribution in [0, 0.1) is 0 Å². The molecule has 0 aromatic heterocycles. The van der Waals surface area contributed by atoms with Gasteiger partial charge in [0.05, 0.1) is 23.8 Å². The van der Waals surface area contributed by atoms with E-state index in [1.807, 2.05) is 36.4 Å². The number of ether oxygens (including phenoxy) is 1. The van der Waals surface area contributed by atoms with Crippen molar-refractivity contribution in [3.63, 3.8) is 0 Å². The Morgan fingerprint density at radius 2 is 2.00 bits per heavy atom. The lowest BCUT2D eigenvalue weighted by atomic mass is 10.2. The molecule has 0 spiro atoms. The number of halogens is 1. The molecule has 0 radical (unpaired) electrons. The molecule has 0 aliphatic rings. The van der Waals surface area contributed by atoms with Crippen molar-refractivity contribution in [2.45, 2.75) is 19.9 Å². The first-order valence-corrected chi connectivity index (χ1v) is 7.81. The van der Waals surface area contributed by atoms with Crippen LogP contribution in [-0.2, 0) is 6.54 Å². The van der Waals surface area contributed by atoms with Gasteiger partial charge in [0.1, 0.15) is 5.75 Å². The van der Waals surface area contributed by atoms with Gasteiger partial charge in [0.25, 0.3) is 0 Å². The van der Waals surface area contributed by atoms with Gasteiger partial charge in [0, 0.05) is 0 Å². The number of rotatable bonds is 7. The van der Waals surface area contributed by atoms with Crippen LogP contribution < -0.4 is 10.2 Å². The van der Waals surface area contributed by atoms with Crippen LogP contribution in [-0.4, -0.2) is 12.8 Å². The monoisotopic (exact) mass is 346 g/mol. The summed E-state index contributed by atoms with van der Waals surface area (Å²) in [4.78, 5) is 0. The third kappa shape index (κ3) is 5.23. The second-order valence-corrected chi connectivity index (χ2v) is 5.47. The number of hydrogen-bond donors (Lipinski definition) is 1. The first-order valence-electron chi connectivity index (χ1n) is 7.02. The fourth-order valence-corrected chi connectivity index (χ4v) is 2.29. The number of nitrogens with zero attached hydrogens (tertiary/aromatic N) is 1. The molecule has 2 aromatic rings. The van der Waals surface area contributed by atoms with Crippen molar-refractivity contribution in [1.82, 2.24) is 5.43 Å². The fourth-order valence-electron chi connectivity index (χ4n) is 1.78. The predicted octanol–water partition coefficient (Wildman–Crippen LogP) is 4.36. The molecule has 3 nitrogen and oxygen atoms in total. The Balaban J connectivity index is 1.87. The Morgan fingerprint density at radius 1 is 1.19 bits per heavy atom. The van der Waals surface area contributed by atoms with Crippen LogP contribution in [0.4, 0.5) is 0 Å². The van der Waals surface area contributed by atoms with Gasteiger partial charge >= 0.3 is 0 Å². The summed E-state index contributed by atoms with van der Waals surface area (Å²) in [6.07, 6.45) is 2.80. The fraction of sp³-hybridized carbons (Fsp3) is 0.235. The Kier molecular flexibility index (Phi) is 6.28. The summed E-state index contributed by atoms with van der Waals surface area (Å²) in [5, 5.41) is 4.23. The van der Waals surface area contributed by atoms with E-state index in [-0.39, 0.29) is 0 Å². The minimum Gasteiger partial charge on any atom is -0.492 e. The maximum atomic E-state index is 5.62. The van der Waals surface area contributed by atoms with Crippen LogP contribution in [0.5, 0.6) is 5.75 Å². The summed E-state index contributed by atoms with van der Waals surface area (Å²) in [6.45, 7) is 3.54. The van der Waals surface area contributed by atoms with E-state index in [0.717, 1.165) is 35.4 Å². The van der Waals surface area contributed by atoms with Crippen molar-refractivity contribution in [1.29, 1.82) is 0 Å². The van der Waals surface area contributed by atoms with E-state index in [1.54, 1.807) is 6.21 Å². The van der Waals surface area contributed by atoms with Crippen molar-refractivity contribution in [3.8, 4) is 5.75 Å². The van der Waals surface area contributed by atoms with Gasteiger partial charge in [0.15, 0.2) is 0 Å². The lowest BCUT2D eigenvalue weighted by Crippen LogP contribution is -2.05. The quantitative estimate of drug-likeness (QED) is 0.596. The van der Waals surface area contributed by atoms with Crippen LogP contribution >= 0.6 is 15.9 Å². The summed E-state index contributed by atoms with van der Waals surface area (Å²) in [5.74, 6) is 0.867. The average molecular weight is 347 g/mol. The maximum absolute atomic E-state index is 5.62. The van der Waals surface area contributed by atoms with Gasteiger partial charge in [0.2, 0.25) is 0 Å². The molecule has 110 valence electrons. The molecule has 0 aliphatic heterocycles. The van der Waals surface area contributed by atoms with E-state index in [1.165, 1.54) is 5.56 Å². The minimum atomic E-state index is 0.718. The summed E-state index contributed by atoms with van der Waals surface area (Å²) < 4.78 is 6.56. The molecule has 0 aliphatic carbocycles. The number of benzene rings is 2. The average Bonchev–Trinajstić information content (AvgIpc) is 2.52. The Hall–Kier alpha value is -1.81. The zero-order chi connectivity index (χ0) is 14.9. The molecule has 0 heterocycles. The third-order valence-electron chi connectivity index (χ3n) is 2.85. The molecule has 0 saturated heterocycles. The molecule has 2 aromatic carbocycles. The van der Waals surface area contributed by atoms with Crippen LogP contribution in [0.1, 0.15) is 24.5 Å². The summed E-state index contributed by atoms with van der Waals surface area (Å²) in [6, 6.07) is 16.1. The van der Waals surface area contributed by atoms with E-state index < -0.39 is 0 Å². The Labute approximate surface area is 134 Å². The number of hydrogen-bond acceptors (Lipinski definition) is 3. The molecule has 2 rings (SSSR count). The highest BCUT2D eigenvalue weighted by molar-refractivity contribution is 9.10. The van der Waals surface area contributed by atoms with Crippen LogP contribution in [0.15, 0.2) is 58.1 Å². The summed E-state index contributed by atoms with van der Waals surface area (Å²) in [5.41, 5.74) is 5.27. The Morgan fingerprint density at radius 3 is 2.71 bits per heavy atom. The van der Waals surface area contributed by atoms with E-state index >= 15 is 0 Å². The first-order chi connectivity index (χ1) is 10.3. The summed E-state index contributed by atoms with van der Waals surface area (Å²) >= 11 is 3.52. The molecule has 0 fully saturated rings. The number of nitrogens with one attached hydrogen (secondary N) is 1. The maximum Gasteiger partial charge on any atom is 0.133 e. The molecule has 1 N–H and O–H groups in total.